The second kappa shape index (κ2) is 13.9. The fourth-order valence-electron chi connectivity index (χ4n) is 10.9. The second-order valence-electron chi connectivity index (χ2n) is 16.7. The highest BCUT2D eigenvalue weighted by Crippen LogP contribution is 2.63. The van der Waals surface area contributed by atoms with Crippen molar-refractivity contribution in [2.45, 2.75) is 5.41 Å². The zero-order valence-corrected chi connectivity index (χ0v) is 34.4. The summed E-state index contributed by atoms with van der Waals surface area (Å²) in [4.78, 5) is 2.46. The quantitative estimate of drug-likeness (QED) is 0.167. The molecule has 0 unspecified atom stereocenters. The van der Waals surface area contributed by atoms with Crippen molar-refractivity contribution < 1.29 is 4.42 Å². The van der Waals surface area contributed by atoms with Gasteiger partial charge in [0, 0.05) is 27.7 Å². The Morgan fingerprint density at radius 3 is 1.41 bits per heavy atom. The van der Waals surface area contributed by atoms with Crippen molar-refractivity contribution in [3.63, 3.8) is 0 Å². The zero-order chi connectivity index (χ0) is 41.5. The molecule has 2 aliphatic carbocycles. The van der Waals surface area contributed by atoms with E-state index in [2.05, 4.69) is 235 Å². The van der Waals surface area contributed by atoms with E-state index in [0.717, 1.165) is 44.6 Å². The van der Waals surface area contributed by atoms with Crippen molar-refractivity contribution in [2.75, 3.05) is 4.90 Å². The number of hydrogen-bond donors (Lipinski definition) is 0. The molecular formula is C61H39NO. The van der Waals surface area contributed by atoms with E-state index in [1.165, 1.54) is 72.3 Å². The molecule has 0 saturated carbocycles. The summed E-state index contributed by atoms with van der Waals surface area (Å²) in [6.45, 7) is 0. The summed E-state index contributed by atoms with van der Waals surface area (Å²) in [6, 6.07) is 86.5. The average Bonchev–Trinajstić information content (AvgIpc) is 3.98. The highest BCUT2D eigenvalue weighted by molar-refractivity contribution is 6.07. The Morgan fingerprint density at radius 2 is 0.730 bits per heavy atom. The molecule has 0 amide bonds. The van der Waals surface area contributed by atoms with Crippen LogP contribution in [0.3, 0.4) is 0 Å². The van der Waals surface area contributed by atoms with E-state index in [1.54, 1.807) is 0 Å². The Labute approximate surface area is 366 Å². The molecule has 13 rings (SSSR count). The van der Waals surface area contributed by atoms with E-state index in [0.29, 0.717) is 0 Å². The average molecular weight is 802 g/mol. The lowest BCUT2D eigenvalue weighted by atomic mass is 9.70. The molecule has 11 aromatic rings. The second-order valence-corrected chi connectivity index (χ2v) is 16.7. The van der Waals surface area contributed by atoms with Gasteiger partial charge in [0.25, 0.3) is 0 Å². The van der Waals surface area contributed by atoms with Crippen LogP contribution in [0.5, 0.6) is 0 Å². The fraction of sp³-hybridized carbons (Fsp3) is 0.0164. The van der Waals surface area contributed by atoms with Gasteiger partial charge in [-0.05, 0) is 115 Å². The Kier molecular flexibility index (Phi) is 7.85. The van der Waals surface area contributed by atoms with Gasteiger partial charge in [-0.15, -0.1) is 0 Å². The summed E-state index contributed by atoms with van der Waals surface area (Å²) >= 11 is 0. The summed E-state index contributed by atoms with van der Waals surface area (Å²) in [5.41, 5.74) is 22.2. The fourth-order valence-corrected chi connectivity index (χ4v) is 10.9. The van der Waals surface area contributed by atoms with Crippen LogP contribution in [0.15, 0.2) is 241 Å². The highest BCUT2D eigenvalue weighted by Gasteiger charge is 2.51. The van der Waals surface area contributed by atoms with Gasteiger partial charge in [-0.25, -0.2) is 0 Å². The zero-order valence-electron chi connectivity index (χ0n) is 34.4. The normalized spacial score (nSPS) is 12.9. The number of hydrogen-bond acceptors (Lipinski definition) is 2. The molecule has 294 valence electrons. The molecule has 2 heteroatoms. The molecule has 63 heavy (non-hydrogen) atoms. The van der Waals surface area contributed by atoms with Crippen LogP contribution in [0.1, 0.15) is 22.3 Å². The van der Waals surface area contributed by atoms with Crippen molar-refractivity contribution in [1.82, 2.24) is 0 Å². The molecule has 0 saturated heterocycles. The van der Waals surface area contributed by atoms with E-state index in [9.17, 15) is 0 Å². The van der Waals surface area contributed by atoms with Crippen LogP contribution in [0, 0.1) is 0 Å². The number of fused-ring (bicyclic) bond motifs is 13. The lowest BCUT2D eigenvalue weighted by Gasteiger charge is -2.31. The standard InChI is InChI=1S/C61H39NO/c1-2-18-40(19-3-1)43-20-4-5-21-44(43)45-22-6-7-23-46(45)50-27-11-16-32-58(50)62(42-35-37-60-53(39-42)51-28-12-17-33-59(51)63-60)41-34-36-57-52(38-41)49-26-10-15-31-56(49)61(57)54-29-13-8-24-47(54)48-25-9-14-30-55(48)61/h1-39H. The summed E-state index contributed by atoms with van der Waals surface area (Å²) in [5.74, 6) is 0. The minimum absolute atomic E-state index is 0.417. The Hall–Kier alpha value is -8.20. The molecule has 0 fully saturated rings. The summed E-state index contributed by atoms with van der Waals surface area (Å²) < 4.78 is 6.40. The maximum Gasteiger partial charge on any atom is 0.135 e. The van der Waals surface area contributed by atoms with Crippen molar-refractivity contribution in [2.24, 2.45) is 0 Å². The summed E-state index contributed by atoms with van der Waals surface area (Å²) in [6.07, 6.45) is 0. The Morgan fingerprint density at radius 1 is 0.286 bits per heavy atom. The molecule has 10 aromatic carbocycles. The predicted octanol–water partition coefficient (Wildman–Crippen LogP) is 16.4. The molecule has 1 aromatic heterocycles. The number of furan rings is 1. The third-order valence-corrected chi connectivity index (χ3v) is 13.5. The molecule has 1 spiro atoms. The molecule has 2 nitrogen and oxygen atoms in total. The minimum Gasteiger partial charge on any atom is -0.456 e. The van der Waals surface area contributed by atoms with Gasteiger partial charge in [-0.1, -0.05) is 194 Å². The molecule has 0 bridgehead atoms. The monoisotopic (exact) mass is 801 g/mol. The maximum absolute atomic E-state index is 6.40. The van der Waals surface area contributed by atoms with Gasteiger partial charge in [0.2, 0.25) is 0 Å². The largest absolute Gasteiger partial charge is 0.456 e. The van der Waals surface area contributed by atoms with E-state index in [4.69, 9.17) is 4.42 Å². The predicted molar refractivity (Wildman–Crippen MR) is 261 cm³/mol. The van der Waals surface area contributed by atoms with Crippen LogP contribution in [-0.2, 0) is 5.41 Å². The lowest BCUT2D eigenvalue weighted by Crippen LogP contribution is -2.25. The van der Waals surface area contributed by atoms with Gasteiger partial charge < -0.3 is 9.32 Å². The number of rotatable bonds is 6. The third kappa shape index (κ3) is 5.19. The van der Waals surface area contributed by atoms with Crippen LogP contribution < -0.4 is 4.90 Å². The van der Waals surface area contributed by atoms with Crippen LogP contribution in [-0.4, -0.2) is 0 Å². The maximum atomic E-state index is 6.40. The van der Waals surface area contributed by atoms with Crippen LogP contribution in [0.4, 0.5) is 17.1 Å². The number of anilines is 3. The first-order valence-electron chi connectivity index (χ1n) is 21.8. The van der Waals surface area contributed by atoms with Gasteiger partial charge >= 0.3 is 0 Å². The Bertz CT molecular complexity index is 3550. The molecule has 0 aliphatic heterocycles. The number of para-hydroxylation sites is 2. The number of nitrogens with zero attached hydrogens (tertiary/aromatic N) is 1. The molecule has 0 N–H and O–H groups in total. The summed E-state index contributed by atoms with van der Waals surface area (Å²) in [5, 5.41) is 2.20. The molecule has 0 radical (unpaired) electrons. The molecule has 1 heterocycles. The first-order chi connectivity index (χ1) is 31.3. The minimum atomic E-state index is -0.417. The summed E-state index contributed by atoms with van der Waals surface area (Å²) in [7, 11) is 0. The van der Waals surface area contributed by atoms with E-state index in [-0.39, 0.29) is 0 Å². The highest BCUT2D eigenvalue weighted by atomic mass is 16.3. The first kappa shape index (κ1) is 35.5. The van der Waals surface area contributed by atoms with Gasteiger partial charge in [0.05, 0.1) is 11.1 Å². The van der Waals surface area contributed by atoms with Gasteiger partial charge in [0.1, 0.15) is 11.2 Å². The van der Waals surface area contributed by atoms with Crippen molar-refractivity contribution in [3.05, 3.63) is 259 Å². The van der Waals surface area contributed by atoms with Crippen LogP contribution >= 0.6 is 0 Å². The SMILES string of the molecule is c1ccc(-c2ccccc2-c2ccccc2-c2ccccc2N(c2ccc3c(c2)-c2ccccc2C32c3ccccc3-c3ccccc32)c2ccc3oc4ccccc4c3c2)cc1. The third-order valence-electron chi connectivity index (χ3n) is 13.5. The van der Waals surface area contributed by atoms with Crippen LogP contribution in [0.25, 0.3) is 77.6 Å². The topological polar surface area (TPSA) is 16.4 Å². The van der Waals surface area contributed by atoms with Gasteiger partial charge in [-0.2, -0.15) is 0 Å². The molecule has 0 atom stereocenters. The van der Waals surface area contributed by atoms with Gasteiger partial charge in [0.15, 0.2) is 0 Å². The van der Waals surface area contributed by atoms with Crippen molar-refractivity contribution in [3.8, 4) is 55.6 Å². The van der Waals surface area contributed by atoms with Gasteiger partial charge in [-0.3, -0.25) is 0 Å². The number of benzene rings is 10. The van der Waals surface area contributed by atoms with Crippen molar-refractivity contribution in [1.29, 1.82) is 0 Å². The lowest BCUT2D eigenvalue weighted by molar-refractivity contribution is 0.669. The first-order valence-corrected chi connectivity index (χ1v) is 21.8. The smallest absolute Gasteiger partial charge is 0.135 e. The van der Waals surface area contributed by atoms with E-state index < -0.39 is 5.41 Å². The molecule has 2 aliphatic rings. The van der Waals surface area contributed by atoms with E-state index >= 15 is 0 Å². The van der Waals surface area contributed by atoms with Crippen LogP contribution in [0.2, 0.25) is 0 Å². The Balaban J connectivity index is 1.06. The van der Waals surface area contributed by atoms with Crippen molar-refractivity contribution >= 4 is 39.0 Å². The van der Waals surface area contributed by atoms with E-state index in [1.807, 2.05) is 6.07 Å². The molecular weight excluding hydrogens is 763 g/mol.